The molecule has 0 amide bonds. The lowest BCUT2D eigenvalue weighted by Gasteiger charge is -2.35. The highest BCUT2D eigenvalue weighted by atomic mass is 16.5. The minimum atomic E-state index is 0.290. The van der Waals surface area contributed by atoms with Gasteiger partial charge in [-0.15, -0.1) is 0 Å². The van der Waals surface area contributed by atoms with E-state index in [0.29, 0.717) is 11.9 Å². The molecular weight excluding hydrogens is 288 g/mol. The van der Waals surface area contributed by atoms with Crippen LogP contribution in [-0.2, 0) is 11.3 Å². The maximum Gasteiger partial charge on any atom is 0.128 e. The lowest BCUT2D eigenvalue weighted by atomic mass is 9.95. The molecule has 2 aliphatic rings. The minimum absolute atomic E-state index is 0.290. The highest BCUT2D eigenvalue weighted by Gasteiger charge is 2.22. The topological polar surface area (TPSA) is 63.4 Å². The van der Waals surface area contributed by atoms with Gasteiger partial charge in [0.05, 0.1) is 12.2 Å². The van der Waals surface area contributed by atoms with E-state index in [1.54, 1.807) is 0 Å². The normalized spacial score (nSPS) is 27.0. The van der Waals surface area contributed by atoms with Crippen LogP contribution in [0.1, 0.15) is 51.5 Å². The molecule has 0 aromatic carbocycles. The Morgan fingerprint density at radius 3 is 2.57 bits per heavy atom. The second-order valence-corrected chi connectivity index (χ2v) is 7.22. The Morgan fingerprint density at radius 1 is 1.17 bits per heavy atom. The third kappa shape index (κ3) is 4.82. The number of rotatable bonds is 4. The number of hydrogen-bond acceptors (Lipinski definition) is 5. The van der Waals surface area contributed by atoms with Gasteiger partial charge >= 0.3 is 0 Å². The summed E-state index contributed by atoms with van der Waals surface area (Å²) in [5, 5.41) is 3.58. The van der Waals surface area contributed by atoms with E-state index in [4.69, 9.17) is 10.5 Å². The molecule has 0 spiro atoms. The summed E-state index contributed by atoms with van der Waals surface area (Å²) in [6.07, 6.45) is 7.05. The van der Waals surface area contributed by atoms with Crippen LogP contribution < -0.4 is 11.1 Å². The fraction of sp³-hybridized carbons (Fsp3) is 0.722. The van der Waals surface area contributed by atoms with Crippen LogP contribution in [-0.4, -0.2) is 41.2 Å². The van der Waals surface area contributed by atoms with Gasteiger partial charge in [-0.2, -0.15) is 0 Å². The van der Waals surface area contributed by atoms with Crippen molar-refractivity contribution in [3.8, 4) is 0 Å². The zero-order valence-corrected chi connectivity index (χ0v) is 14.4. The van der Waals surface area contributed by atoms with Gasteiger partial charge in [-0.25, -0.2) is 4.98 Å². The summed E-state index contributed by atoms with van der Waals surface area (Å²) in [7, 11) is 0. The van der Waals surface area contributed by atoms with Crippen molar-refractivity contribution in [2.75, 3.05) is 24.1 Å². The van der Waals surface area contributed by atoms with Gasteiger partial charge in [-0.1, -0.05) is 19.3 Å². The molecule has 1 aromatic rings. The minimum Gasteiger partial charge on any atom is -0.384 e. The molecule has 2 atom stereocenters. The average molecular weight is 318 g/mol. The molecule has 1 aliphatic heterocycles. The number of nitrogens with zero attached hydrogens (tertiary/aromatic N) is 2. The molecule has 3 N–H and O–H groups in total. The quantitative estimate of drug-likeness (QED) is 0.893. The molecule has 1 saturated heterocycles. The molecule has 0 unspecified atom stereocenters. The Morgan fingerprint density at radius 2 is 1.87 bits per heavy atom. The van der Waals surface area contributed by atoms with Gasteiger partial charge in [0.2, 0.25) is 0 Å². The number of nitrogen functional groups attached to an aromatic ring is 1. The summed E-state index contributed by atoms with van der Waals surface area (Å²) in [6.45, 7) is 7.12. The molecule has 1 saturated carbocycles. The summed E-state index contributed by atoms with van der Waals surface area (Å²) in [5.41, 5.74) is 7.26. The van der Waals surface area contributed by atoms with Crippen molar-refractivity contribution in [1.82, 2.24) is 9.88 Å². The first-order chi connectivity index (χ1) is 11.1. The average Bonchev–Trinajstić information content (AvgIpc) is 2.46. The Bertz CT molecular complexity index is 506. The van der Waals surface area contributed by atoms with Gasteiger partial charge in [0.25, 0.3) is 0 Å². The number of hydrogen-bond donors (Lipinski definition) is 2. The van der Waals surface area contributed by atoms with Gasteiger partial charge in [0, 0.05) is 25.7 Å². The lowest BCUT2D eigenvalue weighted by Crippen LogP contribution is -2.44. The van der Waals surface area contributed by atoms with E-state index in [-0.39, 0.29) is 12.2 Å². The number of aromatic nitrogens is 1. The Hall–Kier alpha value is -1.33. The number of ether oxygens (including phenoxy) is 1. The summed E-state index contributed by atoms with van der Waals surface area (Å²) in [4.78, 5) is 6.92. The Balaban J connectivity index is 1.64. The van der Waals surface area contributed by atoms with Gasteiger partial charge in [-0.3, -0.25) is 4.90 Å². The summed E-state index contributed by atoms with van der Waals surface area (Å²) in [5.74, 6) is 1.54. The van der Waals surface area contributed by atoms with Crippen LogP contribution in [0.2, 0.25) is 0 Å². The van der Waals surface area contributed by atoms with Crippen LogP contribution >= 0.6 is 0 Å². The molecule has 5 nitrogen and oxygen atoms in total. The third-order valence-corrected chi connectivity index (χ3v) is 4.76. The van der Waals surface area contributed by atoms with E-state index in [1.807, 2.05) is 6.07 Å². The Labute approximate surface area is 139 Å². The predicted molar refractivity (Wildman–Crippen MR) is 94.4 cm³/mol. The molecule has 1 aromatic heterocycles. The SMILES string of the molecule is C[C@@H]1CN(Cc2cc(N)nc(NC3CCCCC3)c2)C[C@H](C)O1. The number of pyridine rings is 1. The number of morpholine rings is 1. The highest BCUT2D eigenvalue weighted by Crippen LogP contribution is 2.23. The molecule has 2 heterocycles. The van der Waals surface area contributed by atoms with Crippen molar-refractivity contribution in [1.29, 1.82) is 0 Å². The summed E-state index contributed by atoms with van der Waals surface area (Å²) < 4.78 is 5.81. The molecule has 3 rings (SSSR count). The molecule has 2 fully saturated rings. The molecule has 0 radical (unpaired) electrons. The molecule has 5 heteroatoms. The monoisotopic (exact) mass is 318 g/mol. The molecule has 0 bridgehead atoms. The second-order valence-electron chi connectivity index (χ2n) is 7.22. The standard InChI is InChI=1S/C18H30N4O/c1-13-10-22(11-14(2)23-13)12-15-8-17(19)21-18(9-15)20-16-6-4-3-5-7-16/h8-9,13-14,16H,3-7,10-12H2,1-2H3,(H3,19,20,21)/t13-,14+. The highest BCUT2D eigenvalue weighted by molar-refractivity contribution is 5.47. The fourth-order valence-electron chi connectivity index (χ4n) is 3.90. The van der Waals surface area contributed by atoms with Gasteiger partial charge < -0.3 is 15.8 Å². The number of nitrogens with one attached hydrogen (secondary N) is 1. The summed E-state index contributed by atoms with van der Waals surface area (Å²) in [6, 6.07) is 4.71. The van der Waals surface area contributed by atoms with Crippen LogP contribution in [0.15, 0.2) is 12.1 Å². The van der Waals surface area contributed by atoms with Gasteiger partial charge in [0.15, 0.2) is 0 Å². The van der Waals surface area contributed by atoms with Crippen LogP contribution in [0.3, 0.4) is 0 Å². The van der Waals surface area contributed by atoms with E-state index in [0.717, 1.165) is 25.5 Å². The van der Waals surface area contributed by atoms with Crippen molar-refractivity contribution >= 4 is 11.6 Å². The zero-order valence-electron chi connectivity index (χ0n) is 14.4. The first-order valence-electron chi connectivity index (χ1n) is 8.99. The zero-order chi connectivity index (χ0) is 16.2. The molecule has 23 heavy (non-hydrogen) atoms. The largest absolute Gasteiger partial charge is 0.384 e. The van der Waals surface area contributed by atoms with Crippen molar-refractivity contribution in [3.05, 3.63) is 17.7 Å². The fourth-order valence-corrected chi connectivity index (χ4v) is 3.90. The van der Waals surface area contributed by atoms with E-state index in [2.05, 4.69) is 35.1 Å². The maximum absolute atomic E-state index is 6.03. The van der Waals surface area contributed by atoms with Crippen LogP contribution in [0.25, 0.3) is 0 Å². The van der Waals surface area contributed by atoms with Crippen LogP contribution in [0, 0.1) is 0 Å². The maximum atomic E-state index is 6.03. The van der Waals surface area contributed by atoms with Crippen LogP contribution in [0.5, 0.6) is 0 Å². The van der Waals surface area contributed by atoms with Crippen molar-refractivity contribution in [2.24, 2.45) is 0 Å². The van der Waals surface area contributed by atoms with E-state index in [9.17, 15) is 0 Å². The lowest BCUT2D eigenvalue weighted by molar-refractivity contribution is -0.0704. The first kappa shape index (κ1) is 16.5. The van der Waals surface area contributed by atoms with Crippen molar-refractivity contribution in [2.45, 2.75) is 70.7 Å². The smallest absolute Gasteiger partial charge is 0.128 e. The van der Waals surface area contributed by atoms with Crippen LogP contribution in [0.4, 0.5) is 11.6 Å². The predicted octanol–water partition coefficient (Wildman–Crippen LogP) is 3.02. The van der Waals surface area contributed by atoms with E-state index < -0.39 is 0 Å². The Kier molecular flexibility index (Phi) is 5.38. The van der Waals surface area contributed by atoms with Gasteiger partial charge in [-0.05, 0) is 44.4 Å². The van der Waals surface area contributed by atoms with Crippen molar-refractivity contribution < 1.29 is 4.74 Å². The first-order valence-corrected chi connectivity index (χ1v) is 8.99. The molecule has 1 aliphatic carbocycles. The summed E-state index contributed by atoms with van der Waals surface area (Å²) >= 11 is 0. The molecule has 128 valence electrons. The second kappa shape index (κ2) is 7.49. The van der Waals surface area contributed by atoms with Crippen molar-refractivity contribution in [3.63, 3.8) is 0 Å². The number of nitrogens with two attached hydrogens (primary N) is 1. The number of anilines is 2. The molecular formula is C18H30N4O. The van der Waals surface area contributed by atoms with Gasteiger partial charge in [0.1, 0.15) is 11.6 Å². The van der Waals surface area contributed by atoms with E-state index in [1.165, 1.54) is 37.7 Å². The van der Waals surface area contributed by atoms with E-state index >= 15 is 0 Å². The third-order valence-electron chi connectivity index (χ3n) is 4.76.